The Bertz CT molecular complexity index is 549. The van der Waals surface area contributed by atoms with Gasteiger partial charge in [0.2, 0.25) is 0 Å². The summed E-state index contributed by atoms with van der Waals surface area (Å²) in [5.41, 5.74) is -0.754. The molecule has 0 radical (unpaired) electrons. The zero-order valence-corrected chi connectivity index (χ0v) is 15.7. The van der Waals surface area contributed by atoms with Crippen molar-refractivity contribution in [3.05, 3.63) is 24.2 Å². The van der Waals surface area contributed by atoms with E-state index in [-0.39, 0.29) is 6.04 Å². The van der Waals surface area contributed by atoms with Gasteiger partial charge in [0.15, 0.2) is 5.96 Å². The van der Waals surface area contributed by atoms with E-state index < -0.39 is 5.60 Å². The van der Waals surface area contributed by atoms with Crippen molar-refractivity contribution in [2.45, 2.75) is 44.2 Å². The van der Waals surface area contributed by atoms with E-state index in [1.807, 2.05) is 19.1 Å². The van der Waals surface area contributed by atoms with E-state index in [9.17, 15) is 5.11 Å². The zero-order valence-electron chi connectivity index (χ0n) is 15.7. The summed E-state index contributed by atoms with van der Waals surface area (Å²) in [6.45, 7) is 7.34. The van der Waals surface area contributed by atoms with Crippen LogP contribution in [0.4, 0.5) is 0 Å². The topological polar surface area (TPSA) is 82.3 Å². The average molecular weight is 364 g/mol. The molecule has 3 N–H and O–H groups in total. The molecule has 3 heterocycles. The van der Waals surface area contributed by atoms with Gasteiger partial charge in [0, 0.05) is 39.1 Å². The van der Waals surface area contributed by atoms with Gasteiger partial charge < -0.3 is 24.9 Å². The van der Waals surface area contributed by atoms with Crippen LogP contribution in [-0.4, -0.2) is 67.5 Å². The quantitative estimate of drug-likeness (QED) is 0.503. The first-order valence-electron chi connectivity index (χ1n) is 9.80. The number of nitrogens with one attached hydrogen (secondary N) is 2. The molecule has 0 aromatic carbocycles. The number of nitrogens with zero attached hydrogens (tertiary/aromatic N) is 2. The maximum absolute atomic E-state index is 10.6. The lowest BCUT2D eigenvalue weighted by atomic mass is 9.95. The highest BCUT2D eigenvalue weighted by Crippen LogP contribution is 2.25. The summed E-state index contributed by atoms with van der Waals surface area (Å²) in [5, 5.41) is 17.3. The van der Waals surface area contributed by atoms with Crippen LogP contribution in [0, 0.1) is 0 Å². The molecule has 2 aliphatic rings. The van der Waals surface area contributed by atoms with Crippen LogP contribution in [0.25, 0.3) is 0 Å². The summed E-state index contributed by atoms with van der Waals surface area (Å²) in [4.78, 5) is 7.09. The van der Waals surface area contributed by atoms with Crippen LogP contribution in [0.15, 0.2) is 27.8 Å². The number of likely N-dealkylation sites (tertiary alicyclic amines) is 1. The predicted octanol–water partition coefficient (Wildman–Crippen LogP) is 1.51. The number of ether oxygens (including phenoxy) is 1. The standard InChI is InChI=1S/C19H32N4O3/c1-2-20-18(22-15-19(24)7-12-25-13-8-19)21-14-16(17-6-5-11-26-17)23-9-3-4-10-23/h5-6,11,16,24H,2-4,7-10,12-15H2,1H3,(H2,20,21,22). The number of furan rings is 1. The van der Waals surface area contributed by atoms with Gasteiger partial charge >= 0.3 is 0 Å². The summed E-state index contributed by atoms with van der Waals surface area (Å²) < 4.78 is 11.0. The molecule has 0 saturated carbocycles. The molecule has 1 unspecified atom stereocenters. The lowest BCUT2D eigenvalue weighted by molar-refractivity contribution is -0.0566. The molecule has 0 amide bonds. The molecular weight excluding hydrogens is 332 g/mol. The summed E-state index contributed by atoms with van der Waals surface area (Å²) in [6, 6.07) is 4.18. The van der Waals surface area contributed by atoms with Crippen LogP contribution in [-0.2, 0) is 4.74 Å². The van der Waals surface area contributed by atoms with E-state index in [0.717, 1.165) is 37.9 Å². The minimum absolute atomic E-state index is 0.197. The lowest BCUT2D eigenvalue weighted by Gasteiger charge is -2.31. The van der Waals surface area contributed by atoms with Gasteiger partial charge in [0.1, 0.15) is 5.76 Å². The fourth-order valence-corrected chi connectivity index (χ4v) is 3.61. The third-order valence-corrected chi connectivity index (χ3v) is 5.22. The van der Waals surface area contributed by atoms with Crippen LogP contribution >= 0.6 is 0 Å². The normalized spacial score (nSPS) is 22.3. The Kier molecular flexibility index (Phi) is 6.93. The largest absolute Gasteiger partial charge is 0.468 e. The van der Waals surface area contributed by atoms with Crippen molar-refractivity contribution in [3.8, 4) is 0 Å². The summed E-state index contributed by atoms with van der Waals surface area (Å²) in [7, 11) is 0. The Morgan fingerprint density at radius 2 is 2.08 bits per heavy atom. The molecule has 2 aliphatic heterocycles. The van der Waals surface area contributed by atoms with Gasteiger partial charge in [-0.3, -0.25) is 9.89 Å². The van der Waals surface area contributed by atoms with Crippen molar-refractivity contribution < 1.29 is 14.3 Å². The van der Waals surface area contributed by atoms with Crippen molar-refractivity contribution in [3.63, 3.8) is 0 Å². The smallest absolute Gasteiger partial charge is 0.191 e. The van der Waals surface area contributed by atoms with Crippen molar-refractivity contribution in [2.24, 2.45) is 4.99 Å². The second kappa shape index (κ2) is 9.39. The first-order valence-corrected chi connectivity index (χ1v) is 9.80. The first-order chi connectivity index (χ1) is 12.7. The van der Waals surface area contributed by atoms with Crippen LogP contribution < -0.4 is 10.6 Å². The number of aliphatic imine (C=N–C) groups is 1. The SMILES string of the molecule is CCNC(=NCC1(O)CCOCC1)NCC(c1ccco1)N1CCCC1. The molecule has 26 heavy (non-hydrogen) atoms. The predicted molar refractivity (Wildman–Crippen MR) is 101 cm³/mol. The van der Waals surface area contributed by atoms with E-state index in [1.165, 1.54) is 12.8 Å². The van der Waals surface area contributed by atoms with E-state index in [2.05, 4.69) is 20.5 Å². The molecule has 2 fully saturated rings. The van der Waals surface area contributed by atoms with Gasteiger partial charge in [-0.05, 0) is 45.0 Å². The third kappa shape index (κ3) is 5.22. The Labute approximate surface area is 155 Å². The summed E-state index contributed by atoms with van der Waals surface area (Å²) >= 11 is 0. The average Bonchev–Trinajstić information content (AvgIpc) is 3.35. The van der Waals surface area contributed by atoms with Gasteiger partial charge in [-0.15, -0.1) is 0 Å². The zero-order chi connectivity index (χ0) is 18.2. The van der Waals surface area contributed by atoms with Gasteiger partial charge in [0.25, 0.3) is 0 Å². The van der Waals surface area contributed by atoms with Crippen molar-refractivity contribution in [1.82, 2.24) is 15.5 Å². The summed E-state index contributed by atoms with van der Waals surface area (Å²) in [6.07, 6.45) is 5.48. The molecule has 1 aromatic heterocycles. The van der Waals surface area contributed by atoms with E-state index >= 15 is 0 Å². The minimum Gasteiger partial charge on any atom is -0.468 e. The molecule has 0 spiro atoms. The Morgan fingerprint density at radius 3 is 2.73 bits per heavy atom. The second-order valence-electron chi connectivity index (χ2n) is 7.19. The van der Waals surface area contributed by atoms with E-state index in [4.69, 9.17) is 9.15 Å². The van der Waals surface area contributed by atoms with Crippen LogP contribution in [0.3, 0.4) is 0 Å². The van der Waals surface area contributed by atoms with Crippen LogP contribution in [0.2, 0.25) is 0 Å². The Hall–Kier alpha value is -1.57. The van der Waals surface area contributed by atoms with Gasteiger partial charge in [-0.1, -0.05) is 0 Å². The number of hydrogen-bond donors (Lipinski definition) is 3. The fourth-order valence-electron chi connectivity index (χ4n) is 3.61. The molecule has 146 valence electrons. The highest BCUT2D eigenvalue weighted by atomic mass is 16.5. The molecular formula is C19H32N4O3. The van der Waals surface area contributed by atoms with Gasteiger partial charge in [-0.25, -0.2) is 0 Å². The Morgan fingerprint density at radius 1 is 1.31 bits per heavy atom. The van der Waals surface area contributed by atoms with Gasteiger partial charge in [-0.2, -0.15) is 0 Å². The fraction of sp³-hybridized carbons (Fsp3) is 0.737. The maximum Gasteiger partial charge on any atom is 0.191 e. The van der Waals surface area contributed by atoms with E-state index in [0.29, 0.717) is 32.6 Å². The molecule has 1 aromatic rings. The summed E-state index contributed by atoms with van der Waals surface area (Å²) in [5.74, 6) is 1.72. The molecule has 7 heteroatoms. The minimum atomic E-state index is -0.754. The molecule has 7 nitrogen and oxygen atoms in total. The second-order valence-corrected chi connectivity index (χ2v) is 7.19. The number of aliphatic hydroxyl groups is 1. The molecule has 1 atom stereocenters. The molecule has 3 rings (SSSR count). The highest BCUT2D eigenvalue weighted by Gasteiger charge is 2.30. The number of guanidine groups is 1. The van der Waals surface area contributed by atoms with E-state index in [1.54, 1.807) is 6.26 Å². The first kappa shape index (κ1) is 19.2. The van der Waals surface area contributed by atoms with Crippen molar-refractivity contribution in [1.29, 1.82) is 0 Å². The van der Waals surface area contributed by atoms with Crippen molar-refractivity contribution in [2.75, 3.05) is 45.9 Å². The number of rotatable bonds is 7. The third-order valence-electron chi connectivity index (χ3n) is 5.22. The van der Waals surface area contributed by atoms with Crippen molar-refractivity contribution >= 4 is 5.96 Å². The molecule has 0 bridgehead atoms. The Balaban J connectivity index is 1.61. The monoisotopic (exact) mass is 364 g/mol. The lowest BCUT2D eigenvalue weighted by Crippen LogP contribution is -2.44. The molecule has 2 saturated heterocycles. The van der Waals surface area contributed by atoms with Crippen LogP contribution in [0.5, 0.6) is 0 Å². The number of hydrogen-bond acceptors (Lipinski definition) is 5. The van der Waals surface area contributed by atoms with Crippen LogP contribution in [0.1, 0.15) is 44.4 Å². The van der Waals surface area contributed by atoms with Gasteiger partial charge in [0.05, 0.1) is 24.5 Å². The highest BCUT2D eigenvalue weighted by molar-refractivity contribution is 5.79. The maximum atomic E-state index is 10.6. The molecule has 0 aliphatic carbocycles.